The van der Waals surface area contributed by atoms with Crippen molar-refractivity contribution in [1.29, 1.82) is 0 Å². The first-order chi connectivity index (χ1) is 15.5. The van der Waals surface area contributed by atoms with E-state index in [-0.39, 0.29) is 29.0 Å². The number of benzene rings is 1. The van der Waals surface area contributed by atoms with Crippen molar-refractivity contribution in [2.75, 3.05) is 13.1 Å². The van der Waals surface area contributed by atoms with Crippen LogP contribution < -0.4 is 5.56 Å². The summed E-state index contributed by atoms with van der Waals surface area (Å²) < 4.78 is 18.7. The Morgan fingerprint density at radius 3 is 2.91 bits per heavy atom. The van der Waals surface area contributed by atoms with Crippen LogP contribution in [0.1, 0.15) is 57.7 Å². The lowest BCUT2D eigenvalue weighted by Gasteiger charge is -2.29. The average Bonchev–Trinajstić information content (AvgIpc) is 3.44. The number of carbonyl (C=O) groups excluding carboxylic acids is 1. The molecule has 2 aliphatic rings. The van der Waals surface area contributed by atoms with Gasteiger partial charge in [0.15, 0.2) is 5.69 Å². The topological polar surface area (TPSA) is 108 Å². The fourth-order valence-corrected chi connectivity index (χ4v) is 4.52. The van der Waals surface area contributed by atoms with E-state index in [9.17, 15) is 14.0 Å². The minimum Gasteiger partial charge on any atom is -0.327 e. The van der Waals surface area contributed by atoms with Gasteiger partial charge >= 0.3 is 0 Å². The normalized spacial score (nSPS) is 18.7. The largest absolute Gasteiger partial charge is 0.327 e. The van der Waals surface area contributed by atoms with Crippen molar-refractivity contribution >= 4 is 5.91 Å². The van der Waals surface area contributed by atoms with Crippen molar-refractivity contribution in [3.8, 4) is 0 Å². The van der Waals surface area contributed by atoms with Gasteiger partial charge in [0.1, 0.15) is 17.3 Å². The first-order valence-corrected chi connectivity index (χ1v) is 10.7. The van der Waals surface area contributed by atoms with Gasteiger partial charge < -0.3 is 9.88 Å². The van der Waals surface area contributed by atoms with E-state index in [0.717, 1.165) is 12.1 Å². The van der Waals surface area contributed by atoms with Crippen LogP contribution in [0.15, 0.2) is 33.7 Å². The minimum absolute atomic E-state index is 0.181. The molecule has 10 heteroatoms. The molecule has 5 rings (SSSR count). The molecule has 1 atom stereocenters. The van der Waals surface area contributed by atoms with Crippen LogP contribution in [0, 0.1) is 12.7 Å². The lowest BCUT2D eigenvalue weighted by molar-refractivity contribution is 0.0717. The van der Waals surface area contributed by atoms with Crippen LogP contribution in [-0.2, 0) is 19.5 Å². The Labute approximate surface area is 183 Å². The van der Waals surface area contributed by atoms with Crippen LogP contribution >= 0.6 is 0 Å². The number of aryl methyl sites for hydroxylation is 1. The van der Waals surface area contributed by atoms with E-state index in [0.29, 0.717) is 61.7 Å². The molecule has 9 nitrogen and oxygen atoms in total. The molecule has 1 saturated heterocycles. The number of H-pyrrole nitrogens is 1. The monoisotopic (exact) mass is 438 g/mol. The van der Waals surface area contributed by atoms with Crippen LogP contribution in [0.4, 0.5) is 4.39 Å². The summed E-state index contributed by atoms with van der Waals surface area (Å²) in [5.74, 6) is -0.0248. The maximum absolute atomic E-state index is 14.0. The van der Waals surface area contributed by atoms with Crippen LogP contribution in [-0.4, -0.2) is 49.1 Å². The molecule has 0 spiro atoms. The highest BCUT2D eigenvalue weighted by molar-refractivity contribution is 5.93. The highest BCUT2D eigenvalue weighted by atomic mass is 19.1. The second-order valence-corrected chi connectivity index (χ2v) is 8.28. The second kappa shape index (κ2) is 8.27. The van der Waals surface area contributed by atoms with Gasteiger partial charge in [0.05, 0.1) is 17.3 Å². The van der Waals surface area contributed by atoms with Gasteiger partial charge in [-0.2, -0.15) is 0 Å². The van der Waals surface area contributed by atoms with Gasteiger partial charge in [0.2, 0.25) is 0 Å². The summed E-state index contributed by atoms with van der Waals surface area (Å²) in [4.78, 5) is 37.2. The molecule has 0 saturated carbocycles. The number of rotatable bonds is 4. The van der Waals surface area contributed by atoms with Gasteiger partial charge in [-0.05, 0) is 31.0 Å². The van der Waals surface area contributed by atoms with Crippen molar-refractivity contribution in [3.05, 3.63) is 74.5 Å². The number of nitrogens with one attached hydrogen (secondary N) is 1. The van der Waals surface area contributed by atoms with Gasteiger partial charge in [-0.25, -0.2) is 14.0 Å². The Kier molecular flexibility index (Phi) is 5.30. The Balaban J connectivity index is 1.37. The van der Waals surface area contributed by atoms with Crippen LogP contribution in [0.5, 0.6) is 0 Å². The molecule has 0 bridgehead atoms. The maximum Gasteiger partial charge on any atom is 0.278 e. The molecule has 1 aromatic carbocycles. The number of hydrogen-bond acceptors (Lipinski definition) is 7. The summed E-state index contributed by atoms with van der Waals surface area (Å²) in [7, 11) is 0. The molecule has 3 aromatic rings. The smallest absolute Gasteiger partial charge is 0.278 e. The highest BCUT2D eigenvalue weighted by Gasteiger charge is 2.35. The molecule has 166 valence electrons. The molecule has 0 aliphatic carbocycles. The predicted octanol–water partition coefficient (Wildman–Crippen LogP) is 2.14. The number of fused-ring (bicyclic) bond motifs is 1. The van der Waals surface area contributed by atoms with Crippen LogP contribution in [0.3, 0.4) is 0 Å². The number of halogens is 1. The number of nitrogens with zero attached hydrogens (tertiary/aromatic N) is 5. The number of amides is 1. The highest BCUT2D eigenvalue weighted by Crippen LogP contribution is 2.31. The first kappa shape index (κ1) is 20.5. The van der Waals surface area contributed by atoms with Crippen molar-refractivity contribution in [2.45, 2.75) is 45.3 Å². The molecule has 32 heavy (non-hydrogen) atoms. The summed E-state index contributed by atoms with van der Waals surface area (Å²) in [6, 6.07) is 6.35. The summed E-state index contributed by atoms with van der Waals surface area (Å²) in [5.41, 5.74) is 2.36. The summed E-state index contributed by atoms with van der Waals surface area (Å²) >= 11 is 0. The average molecular weight is 438 g/mol. The molecule has 1 N–H and O–H groups in total. The summed E-state index contributed by atoms with van der Waals surface area (Å²) in [6.07, 6.45) is 2.10. The van der Waals surface area contributed by atoms with E-state index >= 15 is 0 Å². The van der Waals surface area contributed by atoms with Gasteiger partial charge in [-0.1, -0.05) is 23.4 Å². The standard InChI is InChI=1S/C22H23FN6O3/c1-13-19(27-32-26-13)22(31)29-9-4-7-18(29)20-24-17-8-10-28(12-15(17)21(30)25-20)11-14-5-2-3-6-16(14)23/h2-3,5-6,18H,4,7-12H2,1H3,(H,24,25,30). The third-order valence-corrected chi connectivity index (χ3v) is 6.20. The number of aromatic nitrogens is 4. The Hall–Kier alpha value is -3.40. The Morgan fingerprint density at radius 2 is 2.12 bits per heavy atom. The minimum atomic E-state index is -0.326. The SMILES string of the molecule is Cc1nonc1C(=O)N1CCCC1c1nc2c(c(=O)[nH]1)CN(Cc1ccccc1F)CC2. The number of hydrogen-bond donors (Lipinski definition) is 1. The zero-order valence-electron chi connectivity index (χ0n) is 17.7. The quantitative estimate of drug-likeness (QED) is 0.665. The van der Waals surface area contributed by atoms with E-state index in [1.807, 2.05) is 11.0 Å². The van der Waals surface area contributed by atoms with Crippen LogP contribution in [0.2, 0.25) is 0 Å². The Bertz CT molecular complexity index is 1220. The number of likely N-dealkylation sites (tertiary alicyclic amines) is 1. The molecule has 2 aromatic heterocycles. The summed E-state index contributed by atoms with van der Waals surface area (Å²) in [6.45, 7) is 3.73. The lowest BCUT2D eigenvalue weighted by atomic mass is 10.0. The fourth-order valence-electron chi connectivity index (χ4n) is 4.52. The molecule has 4 heterocycles. The molecular formula is C22H23FN6O3. The zero-order valence-corrected chi connectivity index (χ0v) is 17.7. The Morgan fingerprint density at radius 1 is 1.28 bits per heavy atom. The molecule has 1 fully saturated rings. The van der Waals surface area contributed by atoms with Crippen molar-refractivity contribution < 1.29 is 13.8 Å². The molecule has 1 unspecified atom stereocenters. The maximum atomic E-state index is 14.0. The number of aromatic amines is 1. The van der Waals surface area contributed by atoms with Crippen molar-refractivity contribution in [2.24, 2.45) is 0 Å². The third kappa shape index (κ3) is 3.70. The molecule has 2 aliphatic heterocycles. The molecular weight excluding hydrogens is 415 g/mol. The summed E-state index contributed by atoms with van der Waals surface area (Å²) in [5, 5.41) is 7.41. The van der Waals surface area contributed by atoms with Crippen LogP contribution in [0.25, 0.3) is 0 Å². The van der Waals surface area contributed by atoms with Crippen molar-refractivity contribution in [1.82, 2.24) is 30.1 Å². The van der Waals surface area contributed by atoms with Gasteiger partial charge in [0.25, 0.3) is 11.5 Å². The molecule has 0 radical (unpaired) electrons. The van der Waals surface area contributed by atoms with Gasteiger partial charge in [0, 0.05) is 38.2 Å². The second-order valence-electron chi connectivity index (χ2n) is 8.28. The van der Waals surface area contributed by atoms with Crippen molar-refractivity contribution in [3.63, 3.8) is 0 Å². The van der Waals surface area contributed by atoms with E-state index in [2.05, 4.69) is 19.9 Å². The molecule has 1 amide bonds. The van der Waals surface area contributed by atoms with Gasteiger partial charge in [-0.3, -0.25) is 14.5 Å². The van der Waals surface area contributed by atoms with E-state index < -0.39 is 0 Å². The van der Waals surface area contributed by atoms with Gasteiger partial charge in [-0.15, -0.1) is 0 Å². The van der Waals surface area contributed by atoms with E-state index in [1.165, 1.54) is 6.07 Å². The van der Waals surface area contributed by atoms with E-state index in [4.69, 9.17) is 4.98 Å². The zero-order chi connectivity index (χ0) is 22.2. The first-order valence-electron chi connectivity index (χ1n) is 10.7. The third-order valence-electron chi connectivity index (χ3n) is 6.20. The predicted molar refractivity (Wildman–Crippen MR) is 111 cm³/mol. The van der Waals surface area contributed by atoms with E-state index in [1.54, 1.807) is 24.0 Å². The number of carbonyl (C=O) groups is 1. The fraction of sp³-hybridized carbons (Fsp3) is 0.409. The lowest BCUT2D eigenvalue weighted by Crippen LogP contribution is -2.38.